The van der Waals surface area contributed by atoms with Crippen molar-refractivity contribution >= 4 is 12.0 Å². The van der Waals surface area contributed by atoms with Crippen LogP contribution in [0.3, 0.4) is 0 Å². The van der Waals surface area contributed by atoms with Crippen LogP contribution in [0.4, 0.5) is 4.79 Å². The fraction of sp³-hybridized carbons (Fsp3) is 0.500. The number of carbonyl (C=O) groups is 2. The molecule has 0 spiro atoms. The van der Waals surface area contributed by atoms with Crippen LogP contribution < -0.4 is 5.32 Å². The molecule has 2 N–H and O–H groups in total. The minimum absolute atomic E-state index is 0.236. The third-order valence-corrected chi connectivity index (χ3v) is 3.66. The van der Waals surface area contributed by atoms with E-state index in [1.54, 1.807) is 0 Å². The first-order valence-corrected chi connectivity index (χ1v) is 7.29. The van der Waals surface area contributed by atoms with E-state index in [0.29, 0.717) is 19.0 Å². The number of hydrogen-bond donors (Lipinski definition) is 2. The van der Waals surface area contributed by atoms with Crippen molar-refractivity contribution in [1.29, 1.82) is 0 Å². The van der Waals surface area contributed by atoms with Crippen molar-refractivity contribution in [1.82, 2.24) is 10.2 Å². The van der Waals surface area contributed by atoms with Crippen LogP contribution in [0.1, 0.15) is 30.9 Å². The third-order valence-electron chi connectivity index (χ3n) is 3.66. The highest BCUT2D eigenvalue weighted by Crippen LogP contribution is 2.33. The quantitative estimate of drug-likeness (QED) is 0.842. The summed E-state index contributed by atoms with van der Waals surface area (Å²) >= 11 is 0. The molecule has 0 fully saturated rings. The average molecular weight is 290 g/mol. The summed E-state index contributed by atoms with van der Waals surface area (Å²) in [5.74, 6) is -0.407. The van der Waals surface area contributed by atoms with Gasteiger partial charge in [0.25, 0.3) is 0 Å². The molecule has 0 saturated heterocycles. The molecular formula is C16H22N2O3. The predicted molar refractivity (Wildman–Crippen MR) is 80.3 cm³/mol. The van der Waals surface area contributed by atoms with E-state index >= 15 is 0 Å². The fourth-order valence-electron chi connectivity index (χ4n) is 2.69. The van der Waals surface area contributed by atoms with Gasteiger partial charge in [-0.05, 0) is 23.5 Å². The van der Waals surface area contributed by atoms with Crippen LogP contribution in [-0.4, -0.2) is 41.6 Å². The van der Waals surface area contributed by atoms with Gasteiger partial charge in [-0.1, -0.05) is 38.1 Å². The minimum Gasteiger partial charge on any atom is -0.480 e. The summed E-state index contributed by atoms with van der Waals surface area (Å²) in [6.45, 7) is 4.67. The van der Waals surface area contributed by atoms with E-state index in [4.69, 9.17) is 5.11 Å². The Morgan fingerprint density at radius 2 is 2.10 bits per heavy atom. The molecule has 1 unspecified atom stereocenters. The maximum Gasteiger partial charge on any atom is 0.323 e. The van der Waals surface area contributed by atoms with Crippen LogP contribution in [0, 0.1) is 5.92 Å². The Hall–Kier alpha value is -2.04. The molecule has 1 aromatic rings. The number of urea groups is 1. The van der Waals surface area contributed by atoms with E-state index in [1.165, 1.54) is 16.0 Å². The number of nitrogens with zero attached hydrogens (tertiary/aromatic N) is 1. The van der Waals surface area contributed by atoms with Gasteiger partial charge in [-0.3, -0.25) is 4.79 Å². The van der Waals surface area contributed by atoms with Crippen molar-refractivity contribution in [2.75, 3.05) is 19.6 Å². The summed E-state index contributed by atoms with van der Waals surface area (Å²) in [6, 6.07) is 7.91. The van der Waals surface area contributed by atoms with E-state index in [1.807, 2.05) is 26.0 Å². The summed E-state index contributed by atoms with van der Waals surface area (Å²) in [5, 5.41) is 11.7. The molecule has 2 amide bonds. The lowest BCUT2D eigenvalue weighted by atomic mass is 9.78. The number of carbonyl (C=O) groups excluding carboxylic acids is 1. The molecule has 5 heteroatoms. The molecule has 0 heterocycles. The average Bonchev–Trinajstić information content (AvgIpc) is 2.37. The zero-order chi connectivity index (χ0) is 15.4. The zero-order valence-electron chi connectivity index (χ0n) is 12.5. The van der Waals surface area contributed by atoms with Crippen molar-refractivity contribution in [3.8, 4) is 0 Å². The van der Waals surface area contributed by atoms with E-state index < -0.39 is 5.97 Å². The first kappa shape index (κ1) is 15.4. The van der Waals surface area contributed by atoms with Gasteiger partial charge < -0.3 is 15.3 Å². The van der Waals surface area contributed by atoms with Crippen molar-refractivity contribution in [3.05, 3.63) is 35.4 Å². The van der Waals surface area contributed by atoms with Crippen molar-refractivity contribution in [2.24, 2.45) is 5.92 Å². The maximum atomic E-state index is 12.1. The lowest BCUT2D eigenvalue weighted by Gasteiger charge is -2.31. The molecule has 21 heavy (non-hydrogen) atoms. The monoisotopic (exact) mass is 290 g/mol. The lowest BCUT2D eigenvalue weighted by molar-refractivity contribution is -0.137. The van der Waals surface area contributed by atoms with Crippen LogP contribution in [0.25, 0.3) is 0 Å². The molecule has 0 bridgehead atoms. The molecule has 2 rings (SSSR count). The minimum atomic E-state index is -0.986. The Balaban J connectivity index is 1.86. The highest BCUT2D eigenvalue weighted by Gasteiger charge is 2.26. The molecule has 0 aliphatic heterocycles. The number of nitrogens with one attached hydrogen (secondary N) is 1. The number of fused-ring (bicyclic) bond motifs is 1. The van der Waals surface area contributed by atoms with Crippen LogP contribution in [0.2, 0.25) is 0 Å². The van der Waals surface area contributed by atoms with Crippen LogP contribution in [0.5, 0.6) is 0 Å². The van der Waals surface area contributed by atoms with Gasteiger partial charge in [-0.2, -0.15) is 0 Å². The second-order valence-corrected chi connectivity index (χ2v) is 5.95. The number of aliphatic carboxylic acids is 1. The molecule has 5 nitrogen and oxygen atoms in total. The molecular weight excluding hydrogens is 268 g/mol. The summed E-state index contributed by atoms with van der Waals surface area (Å²) in [7, 11) is 0. The third kappa shape index (κ3) is 3.97. The van der Waals surface area contributed by atoms with Gasteiger partial charge >= 0.3 is 12.0 Å². The Labute approximate surface area is 125 Å². The van der Waals surface area contributed by atoms with E-state index in [0.717, 1.165) is 6.42 Å². The second kappa shape index (κ2) is 6.61. The van der Waals surface area contributed by atoms with Crippen molar-refractivity contribution in [3.63, 3.8) is 0 Å². The van der Waals surface area contributed by atoms with Gasteiger partial charge in [0, 0.05) is 19.0 Å². The number of rotatable bonds is 6. The van der Waals surface area contributed by atoms with Crippen molar-refractivity contribution in [2.45, 2.75) is 26.2 Å². The normalized spacial score (nSPS) is 16.0. The van der Waals surface area contributed by atoms with Gasteiger partial charge in [-0.25, -0.2) is 4.79 Å². The van der Waals surface area contributed by atoms with E-state index in [9.17, 15) is 9.59 Å². The van der Waals surface area contributed by atoms with Gasteiger partial charge in [0.2, 0.25) is 0 Å². The number of benzene rings is 1. The van der Waals surface area contributed by atoms with E-state index in [2.05, 4.69) is 17.4 Å². The smallest absolute Gasteiger partial charge is 0.323 e. The fourth-order valence-corrected chi connectivity index (χ4v) is 2.69. The molecule has 114 valence electrons. The standard InChI is InChI=1S/C16H22N2O3/c1-11(2)9-18(10-15(19)20)16(21)17-8-13-7-12-5-3-4-6-14(12)13/h3-6,11,13H,7-10H2,1-2H3,(H,17,21)(H,19,20). The predicted octanol–water partition coefficient (Wildman–Crippen LogP) is 2.08. The van der Waals surface area contributed by atoms with Crippen LogP contribution in [0.15, 0.2) is 24.3 Å². The van der Waals surface area contributed by atoms with Crippen LogP contribution in [-0.2, 0) is 11.2 Å². The molecule has 1 aromatic carbocycles. The van der Waals surface area contributed by atoms with Crippen LogP contribution >= 0.6 is 0 Å². The maximum absolute atomic E-state index is 12.1. The SMILES string of the molecule is CC(C)CN(CC(=O)O)C(=O)NCC1Cc2ccccc21. The summed E-state index contributed by atoms with van der Waals surface area (Å²) < 4.78 is 0. The molecule has 0 radical (unpaired) electrons. The van der Waals surface area contributed by atoms with Gasteiger partial charge in [0.1, 0.15) is 6.54 Å². The van der Waals surface area contributed by atoms with E-state index in [-0.39, 0.29) is 18.5 Å². The first-order valence-electron chi connectivity index (χ1n) is 7.29. The molecule has 1 aliphatic rings. The Kier molecular flexibility index (Phi) is 4.83. The molecule has 1 aliphatic carbocycles. The highest BCUT2D eigenvalue weighted by atomic mass is 16.4. The largest absolute Gasteiger partial charge is 0.480 e. The molecule has 1 atom stereocenters. The Morgan fingerprint density at radius 3 is 2.71 bits per heavy atom. The number of carboxylic acids is 1. The first-order chi connectivity index (χ1) is 9.97. The number of amides is 2. The Morgan fingerprint density at radius 1 is 1.38 bits per heavy atom. The summed E-state index contributed by atoms with van der Waals surface area (Å²) in [6.07, 6.45) is 0.972. The molecule has 0 aromatic heterocycles. The summed E-state index contributed by atoms with van der Waals surface area (Å²) in [4.78, 5) is 24.3. The van der Waals surface area contributed by atoms with Gasteiger partial charge in [0.05, 0.1) is 0 Å². The molecule has 0 saturated carbocycles. The topological polar surface area (TPSA) is 69.6 Å². The number of hydrogen-bond acceptors (Lipinski definition) is 2. The lowest BCUT2D eigenvalue weighted by Crippen LogP contribution is -2.46. The number of carboxylic acid groups (broad SMARTS) is 1. The van der Waals surface area contributed by atoms with Crippen molar-refractivity contribution < 1.29 is 14.7 Å². The second-order valence-electron chi connectivity index (χ2n) is 5.95. The highest BCUT2D eigenvalue weighted by molar-refractivity contribution is 5.80. The Bertz CT molecular complexity index is 528. The van der Waals surface area contributed by atoms with Gasteiger partial charge in [-0.15, -0.1) is 0 Å². The van der Waals surface area contributed by atoms with Gasteiger partial charge in [0.15, 0.2) is 0 Å². The zero-order valence-corrected chi connectivity index (χ0v) is 12.5. The summed E-state index contributed by atoms with van der Waals surface area (Å²) in [5.41, 5.74) is 2.62.